The first-order chi connectivity index (χ1) is 7.88. The second kappa shape index (κ2) is 5.93. The molecule has 0 unspecified atom stereocenters. The SMILES string of the molecule is OCCc1noc(COC2CCNCC2)n1. The van der Waals surface area contributed by atoms with Crippen molar-refractivity contribution in [1.29, 1.82) is 0 Å². The Morgan fingerprint density at radius 2 is 2.25 bits per heavy atom. The van der Waals surface area contributed by atoms with Gasteiger partial charge in [-0.1, -0.05) is 5.16 Å². The van der Waals surface area contributed by atoms with E-state index in [0.29, 0.717) is 24.7 Å². The Kier molecular flexibility index (Phi) is 4.26. The van der Waals surface area contributed by atoms with Crippen molar-refractivity contribution in [1.82, 2.24) is 15.5 Å². The summed E-state index contributed by atoms with van der Waals surface area (Å²) in [6, 6.07) is 0. The van der Waals surface area contributed by atoms with Crippen molar-refractivity contribution in [2.75, 3.05) is 19.7 Å². The molecule has 0 amide bonds. The first-order valence-electron chi connectivity index (χ1n) is 5.63. The summed E-state index contributed by atoms with van der Waals surface area (Å²) in [5, 5.41) is 15.7. The van der Waals surface area contributed by atoms with E-state index in [0.717, 1.165) is 25.9 Å². The summed E-state index contributed by atoms with van der Waals surface area (Å²) in [5.41, 5.74) is 0. The summed E-state index contributed by atoms with van der Waals surface area (Å²) < 4.78 is 10.7. The average molecular weight is 227 g/mol. The molecule has 6 heteroatoms. The molecule has 6 nitrogen and oxygen atoms in total. The number of nitrogens with one attached hydrogen (secondary N) is 1. The molecule has 1 fully saturated rings. The summed E-state index contributed by atoms with van der Waals surface area (Å²) in [4.78, 5) is 4.11. The maximum absolute atomic E-state index is 8.70. The summed E-state index contributed by atoms with van der Waals surface area (Å²) in [5.74, 6) is 1.02. The molecule has 1 aliphatic rings. The molecule has 0 aromatic carbocycles. The first kappa shape index (κ1) is 11.5. The van der Waals surface area contributed by atoms with Gasteiger partial charge >= 0.3 is 0 Å². The van der Waals surface area contributed by atoms with Crippen molar-refractivity contribution in [2.45, 2.75) is 32.0 Å². The van der Waals surface area contributed by atoms with E-state index in [9.17, 15) is 0 Å². The molecule has 90 valence electrons. The second-order valence-electron chi connectivity index (χ2n) is 3.84. The van der Waals surface area contributed by atoms with E-state index in [2.05, 4.69) is 15.5 Å². The molecule has 1 aromatic rings. The van der Waals surface area contributed by atoms with Crippen LogP contribution >= 0.6 is 0 Å². The van der Waals surface area contributed by atoms with E-state index >= 15 is 0 Å². The Morgan fingerprint density at radius 1 is 1.44 bits per heavy atom. The standard InChI is InChI=1S/C10H17N3O3/c14-6-3-9-12-10(16-13-9)7-15-8-1-4-11-5-2-8/h8,11,14H,1-7H2. The molecule has 2 rings (SSSR count). The zero-order valence-electron chi connectivity index (χ0n) is 9.19. The molecule has 0 bridgehead atoms. The monoisotopic (exact) mass is 227 g/mol. The number of rotatable bonds is 5. The van der Waals surface area contributed by atoms with Gasteiger partial charge in [0.25, 0.3) is 5.89 Å². The van der Waals surface area contributed by atoms with Gasteiger partial charge in [-0.05, 0) is 25.9 Å². The van der Waals surface area contributed by atoms with Gasteiger partial charge in [-0.3, -0.25) is 0 Å². The van der Waals surface area contributed by atoms with Crippen LogP contribution in [0.4, 0.5) is 0 Å². The van der Waals surface area contributed by atoms with Gasteiger partial charge < -0.3 is 19.7 Å². The predicted molar refractivity (Wildman–Crippen MR) is 55.8 cm³/mol. The molecule has 1 aromatic heterocycles. The van der Waals surface area contributed by atoms with Crippen LogP contribution in [0.15, 0.2) is 4.52 Å². The van der Waals surface area contributed by atoms with Crippen LogP contribution in [0.25, 0.3) is 0 Å². The highest BCUT2D eigenvalue weighted by Crippen LogP contribution is 2.10. The fourth-order valence-electron chi connectivity index (χ4n) is 1.70. The summed E-state index contributed by atoms with van der Waals surface area (Å²) in [6.45, 7) is 2.41. The number of hydrogen-bond acceptors (Lipinski definition) is 6. The number of hydrogen-bond donors (Lipinski definition) is 2. The Morgan fingerprint density at radius 3 is 3.00 bits per heavy atom. The maximum atomic E-state index is 8.70. The third-order valence-corrected chi connectivity index (χ3v) is 2.57. The first-order valence-corrected chi connectivity index (χ1v) is 5.63. The van der Waals surface area contributed by atoms with Crippen LogP contribution in [0, 0.1) is 0 Å². The van der Waals surface area contributed by atoms with Crippen molar-refractivity contribution in [3.63, 3.8) is 0 Å². The molecule has 0 aliphatic carbocycles. The summed E-state index contributed by atoms with van der Waals surface area (Å²) >= 11 is 0. The Bertz CT molecular complexity index is 310. The quantitative estimate of drug-likeness (QED) is 0.729. The molecule has 0 radical (unpaired) electrons. The normalized spacial score (nSPS) is 17.8. The molecule has 2 N–H and O–H groups in total. The van der Waals surface area contributed by atoms with Gasteiger partial charge in [-0.25, -0.2) is 0 Å². The van der Waals surface area contributed by atoms with Crippen molar-refractivity contribution >= 4 is 0 Å². The Labute approximate surface area is 94.0 Å². The molecular weight excluding hydrogens is 210 g/mol. The van der Waals surface area contributed by atoms with Crippen LogP contribution in [0.1, 0.15) is 24.6 Å². The summed E-state index contributed by atoms with van der Waals surface area (Å²) in [7, 11) is 0. The van der Waals surface area contributed by atoms with Crippen molar-refractivity contribution in [2.24, 2.45) is 0 Å². The minimum atomic E-state index is 0.0358. The smallest absolute Gasteiger partial charge is 0.252 e. The Balaban J connectivity index is 1.75. The predicted octanol–water partition coefficient (Wildman–Crippen LogP) is -0.127. The highest BCUT2D eigenvalue weighted by Gasteiger charge is 2.15. The topological polar surface area (TPSA) is 80.4 Å². The highest BCUT2D eigenvalue weighted by molar-refractivity contribution is 4.85. The number of piperidine rings is 1. The number of aliphatic hydroxyl groups is 1. The van der Waals surface area contributed by atoms with Gasteiger partial charge in [0.15, 0.2) is 5.82 Å². The van der Waals surface area contributed by atoms with Crippen LogP contribution < -0.4 is 5.32 Å². The van der Waals surface area contributed by atoms with E-state index in [4.69, 9.17) is 14.4 Å². The van der Waals surface area contributed by atoms with Gasteiger partial charge in [0.1, 0.15) is 6.61 Å². The van der Waals surface area contributed by atoms with Gasteiger partial charge in [-0.15, -0.1) is 0 Å². The zero-order chi connectivity index (χ0) is 11.2. The molecule has 1 saturated heterocycles. The van der Waals surface area contributed by atoms with Gasteiger partial charge in [-0.2, -0.15) is 4.98 Å². The van der Waals surface area contributed by atoms with E-state index in [-0.39, 0.29) is 12.7 Å². The van der Waals surface area contributed by atoms with E-state index in [1.807, 2.05) is 0 Å². The molecule has 1 aliphatic heterocycles. The van der Waals surface area contributed by atoms with Crippen LogP contribution in [0.3, 0.4) is 0 Å². The molecule has 0 saturated carbocycles. The third-order valence-electron chi connectivity index (χ3n) is 2.57. The second-order valence-corrected chi connectivity index (χ2v) is 3.84. The van der Waals surface area contributed by atoms with Crippen LogP contribution in [0.2, 0.25) is 0 Å². The van der Waals surface area contributed by atoms with Crippen LogP contribution in [-0.2, 0) is 17.8 Å². The van der Waals surface area contributed by atoms with Gasteiger partial charge in [0.05, 0.1) is 12.7 Å². The van der Waals surface area contributed by atoms with E-state index in [1.165, 1.54) is 0 Å². The lowest BCUT2D eigenvalue weighted by Crippen LogP contribution is -2.32. The molecule has 0 atom stereocenters. The fourth-order valence-corrected chi connectivity index (χ4v) is 1.70. The van der Waals surface area contributed by atoms with Crippen molar-refractivity contribution in [3.05, 3.63) is 11.7 Å². The maximum Gasteiger partial charge on any atom is 0.252 e. The lowest BCUT2D eigenvalue weighted by Gasteiger charge is -2.21. The number of nitrogens with zero attached hydrogens (tertiary/aromatic N) is 2. The van der Waals surface area contributed by atoms with Crippen molar-refractivity contribution in [3.8, 4) is 0 Å². The average Bonchev–Trinajstić information content (AvgIpc) is 2.76. The molecule has 0 spiro atoms. The van der Waals surface area contributed by atoms with Crippen molar-refractivity contribution < 1.29 is 14.4 Å². The minimum absolute atomic E-state index is 0.0358. The number of ether oxygens (including phenoxy) is 1. The zero-order valence-corrected chi connectivity index (χ0v) is 9.19. The van der Waals surface area contributed by atoms with Crippen LogP contribution in [0.5, 0.6) is 0 Å². The fraction of sp³-hybridized carbons (Fsp3) is 0.800. The third kappa shape index (κ3) is 3.26. The van der Waals surface area contributed by atoms with Crippen LogP contribution in [-0.4, -0.2) is 41.0 Å². The lowest BCUT2D eigenvalue weighted by molar-refractivity contribution is 0.00859. The number of aromatic nitrogens is 2. The highest BCUT2D eigenvalue weighted by atomic mass is 16.5. The molecule has 16 heavy (non-hydrogen) atoms. The van der Waals surface area contributed by atoms with Gasteiger partial charge in [0.2, 0.25) is 0 Å². The number of aliphatic hydroxyl groups excluding tert-OH is 1. The largest absolute Gasteiger partial charge is 0.396 e. The van der Waals surface area contributed by atoms with E-state index < -0.39 is 0 Å². The minimum Gasteiger partial charge on any atom is -0.396 e. The lowest BCUT2D eigenvalue weighted by atomic mass is 10.1. The Hall–Kier alpha value is -0.980. The molecular formula is C10H17N3O3. The van der Waals surface area contributed by atoms with Gasteiger partial charge in [0, 0.05) is 6.42 Å². The summed E-state index contributed by atoms with van der Waals surface area (Å²) in [6.07, 6.45) is 2.76. The molecule has 2 heterocycles. The van der Waals surface area contributed by atoms with E-state index in [1.54, 1.807) is 0 Å².